The van der Waals surface area contributed by atoms with E-state index in [1.165, 1.54) is 6.07 Å². The number of halogens is 3. The molecule has 1 fully saturated rings. The van der Waals surface area contributed by atoms with Gasteiger partial charge in [-0.15, -0.1) is 0 Å². The molecule has 7 heteroatoms. The molecule has 0 radical (unpaired) electrons. The molecule has 1 aromatic rings. The van der Waals surface area contributed by atoms with Gasteiger partial charge in [0, 0.05) is 25.8 Å². The van der Waals surface area contributed by atoms with Crippen LogP contribution >= 0.6 is 0 Å². The number of anilines is 1. The Labute approximate surface area is 128 Å². The lowest BCUT2D eigenvalue weighted by atomic mass is 9.94. The van der Waals surface area contributed by atoms with Crippen LogP contribution in [0.5, 0.6) is 0 Å². The van der Waals surface area contributed by atoms with E-state index in [9.17, 15) is 18.3 Å². The number of hydrogen-bond donors (Lipinski definition) is 1. The summed E-state index contributed by atoms with van der Waals surface area (Å²) < 4.78 is 37.7. The lowest BCUT2D eigenvalue weighted by molar-refractivity contribution is -0.137. The molecule has 4 nitrogen and oxygen atoms in total. The molecule has 1 aliphatic rings. The van der Waals surface area contributed by atoms with Crippen molar-refractivity contribution in [3.8, 4) is 0 Å². The third-order valence-electron chi connectivity index (χ3n) is 3.93. The normalized spacial score (nSPS) is 23.7. The Kier molecular flexibility index (Phi) is 4.97. The highest BCUT2D eigenvalue weighted by atomic mass is 19.4. The zero-order chi connectivity index (χ0) is 16.4. The van der Waals surface area contributed by atoms with E-state index in [1.54, 1.807) is 0 Å². The molecule has 2 rings (SSSR count). The molecule has 1 aromatic heterocycles. The first-order valence-corrected chi connectivity index (χ1v) is 7.35. The van der Waals surface area contributed by atoms with Crippen molar-refractivity contribution in [3.63, 3.8) is 0 Å². The summed E-state index contributed by atoms with van der Waals surface area (Å²) in [5.41, 5.74) is -1.49. The molecule has 0 bridgehead atoms. The van der Waals surface area contributed by atoms with Crippen LogP contribution in [0.2, 0.25) is 0 Å². The highest BCUT2D eigenvalue weighted by Gasteiger charge is 2.32. The maximum Gasteiger partial charge on any atom is 0.417 e. The quantitative estimate of drug-likeness (QED) is 0.929. The van der Waals surface area contributed by atoms with Gasteiger partial charge in [0.15, 0.2) is 0 Å². The van der Waals surface area contributed by atoms with Gasteiger partial charge < -0.3 is 14.9 Å². The summed E-state index contributed by atoms with van der Waals surface area (Å²) in [6, 6.07) is 2.46. The average molecular weight is 317 g/mol. The third kappa shape index (κ3) is 4.33. The summed E-state index contributed by atoms with van der Waals surface area (Å²) in [7, 11) is 3.83. The minimum absolute atomic E-state index is 0.530. The van der Waals surface area contributed by atoms with E-state index in [1.807, 2.05) is 23.9 Å². The summed E-state index contributed by atoms with van der Waals surface area (Å²) in [5.74, 6) is 0.530. The molecule has 0 aromatic carbocycles. The fourth-order valence-electron chi connectivity index (χ4n) is 2.90. The molecule has 1 atom stereocenters. The standard InChI is InChI=1S/C15H22F3N3O/c1-20(2)11-14(22)6-3-8-21(9-7-14)13-5-4-12(10-19-13)15(16,17)18/h4-5,10,22H,3,6-9,11H2,1-2H3/t14-/m1/s1. The topological polar surface area (TPSA) is 39.6 Å². The summed E-state index contributed by atoms with van der Waals surface area (Å²) in [6.07, 6.45) is -1.45. The lowest BCUT2D eigenvalue weighted by Crippen LogP contribution is -2.41. The van der Waals surface area contributed by atoms with E-state index in [0.29, 0.717) is 38.3 Å². The monoisotopic (exact) mass is 317 g/mol. The Morgan fingerprint density at radius 3 is 2.55 bits per heavy atom. The van der Waals surface area contributed by atoms with Gasteiger partial charge in [-0.2, -0.15) is 13.2 Å². The number of likely N-dealkylation sites (N-methyl/N-ethyl adjacent to an activating group) is 1. The van der Waals surface area contributed by atoms with E-state index in [2.05, 4.69) is 4.98 Å². The van der Waals surface area contributed by atoms with Gasteiger partial charge in [0.25, 0.3) is 0 Å². The van der Waals surface area contributed by atoms with E-state index >= 15 is 0 Å². The van der Waals surface area contributed by atoms with Crippen LogP contribution in [0, 0.1) is 0 Å². The molecule has 0 spiro atoms. The first-order valence-electron chi connectivity index (χ1n) is 7.35. The van der Waals surface area contributed by atoms with Crippen molar-refractivity contribution in [2.24, 2.45) is 0 Å². The van der Waals surface area contributed by atoms with Crippen LogP contribution in [-0.4, -0.2) is 54.3 Å². The van der Waals surface area contributed by atoms with E-state index < -0.39 is 17.3 Å². The average Bonchev–Trinajstić information content (AvgIpc) is 2.59. The van der Waals surface area contributed by atoms with Gasteiger partial charge >= 0.3 is 6.18 Å². The zero-order valence-corrected chi connectivity index (χ0v) is 12.9. The minimum atomic E-state index is -4.36. The maximum atomic E-state index is 12.6. The van der Waals surface area contributed by atoms with Gasteiger partial charge in [-0.05, 0) is 45.5 Å². The van der Waals surface area contributed by atoms with Gasteiger partial charge in [0.2, 0.25) is 0 Å². The number of nitrogens with zero attached hydrogens (tertiary/aromatic N) is 3. The third-order valence-corrected chi connectivity index (χ3v) is 3.93. The van der Waals surface area contributed by atoms with E-state index in [4.69, 9.17) is 0 Å². The molecule has 2 heterocycles. The molecular formula is C15H22F3N3O. The maximum absolute atomic E-state index is 12.6. The van der Waals surface area contributed by atoms with Crippen molar-refractivity contribution in [1.82, 2.24) is 9.88 Å². The Hall–Kier alpha value is -1.34. The van der Waals surface area contributed by atoms with Gasteiger partial charge in [0.1, 0.15) is 5.82 Å². The van der Waals surface area contributed by atoms with Crippen molar-refractivity contribution in [2.45, 2.75) is 31.0 Å². The summed E-state index contributed by atoms with van der Waals surface area (Å²) in [5, 5.41) is 10.6. The molecule has 1 N–H and O–H groups in total. The van der Waals surface area contributed by atoms with E-state index in [-0.39, 0.29) is 0 Å². The second-order valence-electron chi connectivity index (χ2n) is 6.21. The Balaban J connectivity index is 2.05. The molecule has 0 unspecified atom stereocenters. The van der Waals surface area contributed by atoms with Crippen LogP contribution in [0.3, 0.4) is 0 Å². The molecule has 124 valence electrons. The van der Waals surface area contributed by atoms with E-state index in [0.717, 1.165) is 18.7 Å². The smallest absolute Gasteiger partial charge is 0.388 e. The number of alkyl halides is 3. The van der Waals surface area contributed by atoms with Crippen molar-refractivity contribution in [2.75, 3.05) is 38.6 Å². The molecule has 0 saturated carbocycles. The summed E-state index contributed by atoms with van der Waals surface area (Å²) >= 11 is 0. The molecule has 1 saturated heterocycles. The molecule has 0 amide bonds. The molecule has 1 aliphatic heterocycles. The predicted molar refractivity (Wildman–Crippen MR) is 78.8 cm³/mol. The Morgan fingerprint density at radius 2 is 2.00 bits per heavy atom. The van der Waals surface area contributed by atoms with Gasteiger partial charge in [-0.1, -0.05) is 0 Å². The zero-order valence-electron chi connectivity index (χ0n) is 12.9. The number of rotatable bonds is 3. The fourth-order valence-corrected chi connectivity index (χ4v) is 2.90. The second kappa shape index (κ2) is 6.42. The van der Waals surface area contributed by atoms with Crippen molar-refractivity contribution in [1.29, 1.82) is 0 Å². The molecular weight excluding hydrogens is 295 g/mol. The largest absolute Gasteiger partial charge is 0.417 e. The second-order valence-corrected chi connectivity index (χ2v) is 6.21. The van der Waals surface area contributed by atoms with Gasteiger partial charge in [-0.3, -0.25) is 0 Å². The number of aliphatic hydroxyl groups is 1. The first kappa shape index (κ1) is 17.0. The molecule has 0 aliphatic carbocycles. The highest BCUT2D eigenvalue weighted by molar-refractivity contribution is 5.40. The molecule has 22 heavy (non-hydrogen) atoms. The number of hydrogen-bond acceptors (Lipinski definition) is 4. The van der Waals surface area contributed by atoms with Crippen LogP contribution in [0.4, 0.5) is 19.0 Å². The lowest BCUT2D eigenvalue weighted by Gasteiger charge is -2.30. The fraction of sp³-hybridized carbons (Fsp3) is 0.667. The first-order chi connectivity index (χ1) is 10.2. The van der Waals surface area contributed by atoms with Crippen molar-refractivity contribution < 1.29 is 18.3 Å². The summed E-state index contributed by atoms with van der Waals surface area (Å²) in [6.45, 7) is 1.86. The summed E-state index contributed by atoms with van der Waals surface area (Å²) in [4.78, 5) is 7.82. The van der Waals surface area contributed by atoms with Crippen LogP contribution < -0.4 is 4.90 Å². The van der Waals surface area contributed by atoms with Crippen molar-refractivity contribution >= 4 is 5.82 Å². The Morgan fingerprint density at radius 1 is 1.27 bits per heavy atom. The minimum Gasteiger partial charge on any atom is -0.388 e. The van der Waals surface area contributed by atoms with Gasteiger partial charge in [0.05, 0.1) is 11.2 Å². The number of pyridine rings is 1. The van der Waals surface area contributed by atoms with Gasteiger partial charge in [-0.25, -0.2) is 4.98 Å². The SMILES string of the molecule is CN(C)C[C@@]1(O)CCCN(c2ccc(C(F)(F)F)cn2)CC1. The van der Waals surface area contributed by atoms with Crippen LogP contribution in [0.15, 0.2) is 18.3 Å². The van der Waals surface area contributed by atoms with Crippen molar-refractivity contribution in [3.05, 3.63) is 23.9 Å². The van der Waals surface area contributed by atoms with Crippen LogP contribution in [-0.2, 0) is 6.18 Å². The highest BCUT2D eigenvalue weighted by Crippen LogP contribution is 2.30. The number of aromatic nitrogens is 1. The Bertz CT molecular complexity index is 490. The van der Waals surface area contributed by atoms with Crippen LogP contribution in [0.25, 0.3) is 0 Å². The predicted octanol–water partition coefficient (Wildman–Crippen LogP) is 2.38. The van der Waals surface area contributed by atoms with Crippen LogP contribution in [0.1, 0.15) is 24.8 Å².